The Balaban J connectivity index is 1.85. The second-order valence-corrected chi connectivity index (χ2v) is 5.11. The summed E-state index contributed by atoms with van der Waals surface area (Å²) in [4.78, 5) is 14.4. The predicted octanol–water partition coefficient (Wildman–Crippen LogP) is 0.905. The maximum absolute atomic E-state index is 12.2. The molecule has 1 unspecified atom stereocenters. The SMILES string of the molecule is Cc1ccccc1CNC(=O)C(C)N1CCNCC1. The van der Waals surface area contributed by atoms with E-state index < -0.39 is 0 Å². The summed E-state index contributed by atoms with van der Waals surface area (Å²) in [5, 5.41) is 6.34. The number of nitrogens with zero attached hydrogens (tertiary/aromatic N) is 1. The fourth-order valence-corrected chi connectivity index (χ4v) is 2.37. The van der Waals surface area contributed by atoms with Crippen LogP contribution >= 0.6 is 0 Å². The lowest BCUT2D eigenvalue weighted by Crippen LogP contribution is -2.52. The third-order valence-electron chi connectivity index (χ3n) is 3.79. The fourth-order valence-electron chi connectivity index (χ4n) is 2.37. The van der Waals surface area contributed by atoms with E-state index in [9.17, 15) is 4.79 Å². The molecule has 1 atom stereocenters. The van der Waals surface area contributed by atoms with Gasteiger partial charge in [-0.25, -0.2) is 0 Å². The molecular formula is C15H23N3O. The van der Waals surface area contributed by atoms with Crippen LogP contribution in [0.25, 0.3) is 0 Å². The smallest absolute Gasteiger partial charge is 0.237 e. The van der Waals surface area contributed by atoms with Crippen molar-refractivity contribution in [2.24, 2.45) is 0 Å². The molecule has 1 heterocycles. The number of benzene rings is 1. The molecule has 1 amide bonds. The lowest BCUT2D eigenvalue weighted by atomic mass is 10.1. The van der Waals surface area contributed by atoms with Crippen LogP contribution < -0.4 is 10.6 Å². The highest BCUT2D eigenvalue weighted by Crippen LogP contribution is 2.07. The van der Waals surface area contributed by atoms with Crippen molar-refractivity contribution in [3.63, 3.8) is 0 Å². The first-order valence-electron chi connectivity index (χ1n) is 6.95. The zero-order valence-electron chi connectivity index (χ0n) is 11.8. The number of amides is 1. The quantitative estimate of drug-likeness (QED) is 0.846. The molecule has 1 aromatic carbocycles. The van der Waals surface area contributed by atoms with Gasteiger partial charge >= 0.3 is 0 Å². The molecule has 0 spiro atoms. The van der Waals surface area contributed by atoms with E-state index in [0.717, 1.165) is 26.2 Å². The first-order chi connectivity index (χ1) is 9.18. The van der Waals surface area contributed by atoms with E-state index in [0.29, 0.717) is 6.54 Å². The van der Waals surface area contributed by atoms with E-state index in [4.69, 9.17) is 0 Å². The van der Waals surface area contributed by atoms with Crippen molar-refractivity contribution in [3.05, 3.63) is 35.4 Å². The van der Waals surface area contributed by atoms with Gasteiger partial charge in [0, 0.05) is 32.7 Å². The number of carbonyl (C=O) groups is 1. The van der Waals surface area contributed by atoms with E-state index >= 15 is 0 Å². The van der Waals surface area contributed by atoms with Gasteiger partial charge in [-0.15, -0.1) is 0 Å². The molecule has 2 rings (SSSR count). The molecule has 0 aromatic heterocycles. The largest absolute Gasteiger partial charge is 0.351 e. The Labute approximate surface area is 115 Å². The van der Waals surface area contributed by atoms with Gasteiger partial charge in [-0.1, -0.05) is 24.3 Å². The number of hydrogen-bond acceptors (Lipinski definition) is 3. The summed E-state index contributed by atoms with van der Waals surface area (Å²) >= 11 is 0. The van der Waals surface area contributed by atoms with Gasteiger partial charge in [0.1, 0.15) is 0 Å². The lowest BCUT2D eigenvalue weighted by Gasteiger charge is -2.31. The van der Waals surface area contributed by atoms with Crippen molar-refractivity contribution in [2.45, 2.75) is 26.4 Å². The highest BCUT2D eigenvalue weighted by atomic mass is 16.2. The summed E-state index contributed by atoms with van der Waals surface area (Å²) in [7, 11) is 0. The van der Waals surface area contributed by atoms with E-state index in [1.54, 1.807) is 0 Å². The zero-order chi connectivity index (χ0) is 13.7. The Bertz CT molecular complexity index is 427. The van der Waals surface area contributed by atoms with Gasteiger partial charge in [-0.05, 0) is 25.0 Å². The standard InChI is InChI=1S/C15H23N3O/c1-12-5-3-4-6-14(12)11-17-15(19)13(2)18-9-7-16-8-10-18/h3-6,13,16H,7-11H2,1-2H3,(H,17,19). The topological polar surface area (TPSA) is 44.4 Å². The van der Waals surface area contributed by atoms with E-state index in [2.05, 4.69) is 34.6 Å². The van der Waals surface area contributed by atoms with Crippen LogP contribution in [0.15, 0.2) is 24.3 Å². The summed E-state index contributed by atoms with van der Waals surface area (Å²) in [6.45, 7) is 8.49. The molecule has 4 heteroatoms. The Kier molecular flexibility index (Phi) is 4.93. The second-order valence-electron chi connectivity index (χ2n) is 5.11. The van der Waals surface area contributed by atoms with Crippen LogP contribution in [-0.4, -0.2) is 43.0 Å². The summed E-state index contributed by atoms with van der Waals surface area (Å²) in [6, 6.07) is 8.11. The molecular weight excluding hydrogens is 238 g/mol. The summed E-state index contributed by atoms with van der Waals surface area (Å²) < 4.78 is 0. The number of nitrogens with one attached hydrogen (secondary N) is 2. The average molecular weight is 261 g/mol. The summed E-state index contributed by atoms with van der Waals surface area (Å²) in [5.41, 5.74) is 2.40. The zero-order valence-corrected chi connectivity index (χ0v) is 11.8. The monoisotopic (exact) mass is 261 g/mol. The fraction of sp³-hybridized carbons (Fsp3) is 0.533. The van der Waals surface area contributed by atoms with Crippen LogP contribution in [0.4, 0.5) is 0 Å². The average Bonchev–Trinajstić information content (AvgIpc) is 2.46. The third-order valence-corrected chi connectivity index (χ3v) is 3.79. The van der Waals surface area contributed by atoms with Crippen molar-refractivity contribution in [1.82, 2.24) is 15.5 Å². The molecule has 4 nitrogen and oxygen atoms in total. The minimum absolute atomic E-state index is 0.0499. The van der Waals surface area contributed by atoms with E-state index in [-0.39, 0.29) is 11.9 Å². The molecule has 1 aliphatic heterocycles. The molecule has 0 bridgehead atoms. The molecule has 0 aliphatic carbocycles. The van der Waals surface area contributed by atoms with Crippen LogP contribution in [0.1, 0.15) is 18.1 Å². The molecule has 1 aromatic rings. The van der Waals surface area contributed by atoms with Crippen LogP contribution in [0.3, 0.4) is 0 Å². The van der Waals surface area contributed by atoms with E-state index in [1.807, 2.05) is 19.1 Å². The molecule has 0 saturated carbocycles. The van der Waals surface area contributed by atoms with Crippen molar-refractivity contribution < 1.29 is 4.79 Å². The maximum Gasteiger partial charge on any atom is 0.237 e. The maximum atomic E-state index is 12.2. The van der Waals surface area contributed by atoms with Crippen LogP contribution in [0.2, 0.25) is 0 Å². The van der Waals surface area contributed by atoms with E-state index in [1.165, 1.54) is 11.1 Å². The highest BCUT2D eigenvalue weighted by molar-refractivity contribution is 5.81. The lowest BCUT2D eigenvalue weighted by molar-refractivity contribution is -0.126. The van der Waals surface area contributed by atoms with Gasteiger partial charge in [0.15, 0.2) is 0 Å². The molecule has 1 aliphatic rings. The Morgan fingerprint density at radius 1 is 1.37 bits per heavy atom. The Morgan fingerprint density at radius 2 is 2.05 bits per heavy atom. The first kappa shape index (κ1) is 14.0. The van der Waals surface area contributed by atoms with Gasteiger partial charge in [0.25, 0.3) is 0 Å². The number of aryl methyl sites for hydroxylation is 1. The second kappa shape index (κ2) is 6.68. The van der Waals surface area contributed by atoms with Gasteiger partial charge in [-0.2, -0.15) is 0 Å². The molecule has 19 heavy (non-hydrogen) atoms. The van der Waals surface area contributed by atoms with Gasteiger partial charge < -0.3 is 10.6 Å². The minimum Gasteiger partial charge on any atom is -0.351 e. The number of piperazine rings is 1. The third kappa shape index (κ3) is 3.78. The van der Waals surface area contributed by atoms with Gasteiger partial charge in [0.05, 0.1) is 6.04 Å². The van der Waals surface area contributed by atoms with Crippen molar-refractivity contribution in [2.75, 3.05) is 26.2 Å². The Hall–Kier alpha value is -1.39. The predicted molar refractivity (Wildman–Crippen MR) is 76.9 cm³/mol. The molecule has 104 valence electrons. The van der Waals surface area contributed by atoms with Crippen LogP contribution in [-0.2, 0) is 11.3 Å². The minimum atomic E-state index is -0.0499. The molecule has 2 N–H and O–H groups in total. The number of hydrogen-bond donors (Lipinski definition) is 2. The van der Waals surface area contributed by atoms with Crippen molar-refractivity contribution in [1.29, 1.82) is 0 Å². The van der Waals surface area contributed by atoms with Crippen molar-refractivity contribution >= 4 is 5.91 Å². The highest BCUT2D eigenvalue weighted by Gasteiger charge is 2.22. The first-order valence-corrected chi connectivity index (χ1v) is 6.95. The number of rotatable bonds is 4. The van der Waals surface area contributed by atoms with Gasteiger partial charge in [0.2, 0.25) is 5.91 Å². The molecule has 0 radical (unpaired) electrons. The number of carbonyl (C=O) groups excluding carboxylic acids is 1. The summed E-state index contributed by atoms with van der Waals surface area (Å²) in [6.07, 6.45) is 0. The van der Waals surface area contributed by atoms with Gasteiger partial charge in [-0.3, -0.25) is 9.69 Å². The normalized spacial score (nSPS) is 18.0. The van der Waals surface area contributed by atoms with Crippen LogP contribution in [0, 0.1) is 6.92 Å². The molecule has 1 fully saturated rings. The van der Waals surface area contributed by atoms with Crippen molar-refractivity contribution in [3.8, 4) is 0 Å². The Morgan fingerprint density at radius 3 is 2.74 bits per heavy atom. The van der Waals surface area contributed by atoms with Crippen LogP contribution in [0.5, 0.6) is 0 Å². The molecule has 1 saturated heterocycles. The summed E-state index contributed by atoms with van der Waals surface area (Å²) in [5.74, 6) is 0.116.